The molecule has 16 heavy (non-hydrogen) atoms. The van der Waals surface area contributed by atoms with Crippen molar-refractivity contribution in [1.29, 1.82) is 0 Å². The number of nitrogens with two attached hydrogens (primary N) is 1. The summed E-state index contributed by atoms with van der Waals surface area (Å²) in [5.74, 6) is 0. The Hall–Kier alpha value is -1.38. The van der Waals surface area contributed by atoms with Crippen LogP contribution in [-0.2, 0) is 6.42 Å². The molecule has 1 aromatic carbocycles. The molecule has 0 aliphatic carbocycles. The van der Waals surface area contributed by atoms with Crippen LogP contribution in [0.4, 0.5) is 0 Å². The highest BCUT2D eigenvalue weighted by atomic mass is 35.5. The molecule has 0 radical (unpaired) electrons. The van der Waals surface area contributed by atoms with Gasteiger partial charge in [0.25, 0.3) is 0 Å². The molecule has 2 rings (SSSR count). The van der Waals surface area contributed by atoms with Crippen LogP contribution in [0, 0.1) is 0 Å². The first-order chi connectivity index (χ1) is 7.75. The summed E-state index contributed by atoms with van der Waals surface area (Å²) in [6.07, 6.45) is 0.699. The van der Waals surface area contributed by atoms with E-state index in [1.807, 2.05) is 42.5 Å². The maximum atomic E-state index is 6.09. The number of nitrogens with zero attached hydrogens (tertiary/aromatic N) is 1. The zero-order chi connectivity index (χ0) is 11.4. The number of hydrogen-bond donors (Lipinski definition) is 1. The Morgan fingerprint density at radius 3 is 2.50 bits per heavy atom. The second kappa shape index (κ2) is 5.10. The van der Waals surface area contributed by atoms with Gasteiger partial charge in [-0.3, -0.25) is 0 Å². The van der Waals surface area contributed by atoms with Crippen LogP contribution in [0.3, 0.4) is 0 Å². The summed E-state index contributed by atoms with van der Waals surface area (Å²) < 4.78 is 0. The third-order valence-electron chi connectivity index (χ3n) is 2.43. The fourth-order valence-corrected chi connectivity index (χ4v) is 1.79. The average molecular weight is 233 g/mol. The Morgan fingerprint density at radius 2 is 1.81 bits per heavy atom. The van der Waals surface area contributed by atoms with E-state index in [4.69, 9.17) is 17.3 Å². The summed E-state index contributed by atoms with van der Waals surface area (Å²) in [5.41, 5.74) is 8.13. The largest absolute Gasteiger partial charge is 0.324 e. The molecule has 0 aliphatic heterocycles. The van der Waals surface area contributed by atoms with Gasteiger partial charge in [0.1, 0.15) is 5.15 Å². The van der Waals surface area contributed by atoms with Crippen LogP contribution >= 0.6 is 11.6 Å². The molecule has 0 bridgehead atoms. The van der Waals surface area contributed by atoms with E-state index >= 15 is 0 Å². The van der Waals surface area contributed by atoms with Gasteiger partial charge >= 0.3 is 0 Å². The van der Waals surface area contributed by atoms with Gasteiger partial charge in [0, 0.05) is 18.2 Å². The van der Waals surface area contributed by atoms with E-state index in [1.165, 1.54) is 0 Å². The molecule has 2 nitrogen and oxygen atoms in total. The van der Waals surface area contributed by atoms with Crippen LogP contribution in [0.2, 0.25) is 5.15 Å². The molecule has 2 N–H and O–H groups in total. The lowest BCUT2D eigenvalue weighted by Crippen LogP contribution is -2.13. The molecule has 0 fully saturated rings. The van der Waals surface area contributed by atoms with Gasteiger partial charge in [0.2, 0.25) is 0 Å². The zero-order valence-electron chi connectivity index (χ0n) is 8.81. The Morgan fingerprint density at radius 1 is 1.06 bits per heavy atom. The first kappa shape index (κ1) is 11.1. The fourth-order valence-electron chi connectivity index (χ4n) is 1.61. The van der Waals surface area contributed by atoms with E-state index in [1.54, 1.807) is 6.07 Å². The molecule has 0 unspecified atom stereocenters. The molecule has 0 spiro atoms. The summed E-state index contributed by atoms with van der Waals surface area (Å²) in [7, 11) is 0. The minimum Gasteiger partial charge on any atom is -0.324 e. The first-order valence-corrected chi connectivity index (χ1v) is 5.55. The van der Waals surface area contributed by atoms with E-state index in [0.717, 1.165) is 11.3 Å². The monoisotopic (exact) mass is 232 g/mol. The molecule has 82 valence electrons. The average Bonchev–Trinajstić information content (AvgIpc) is 2.30. The minimum atomic E-state index is -0.0350. The van der Waals surface area contributed by atoms with Crippen molar-refractivity contribution in [1.82, 2.24) is 4.98 Å². The Bertz CT molecular complexity index is 456. The SMILES string of the molecule is N[C@H](Cc1cccc(Cl)n1)c1ccccc1. The summed E-state index contributed by atoms with van der Waals surface area (Å²) in [6.45, 7) is 0. The topological polar surface area (TPSA) is 38.9 Å². The van der Waals surface area contributed by atoms with Crippen LogP contribution in [0.5, 0.6) is 0 Å². The van der Waals surface area contributed by atoms with Crippen LogP contribution < -0.4 is 5.73 Å². The number of pyridine rings is 1. The lowest BCUT2D eigenvalue weighted by atomic mass is 10.0. The number of hydrogen-bond acceptors (Lipinski definition) is 2. The Labute approximate surface area is 100 Å². The van der Waals surface area contributed by atoms with Gasteiger partial charge in [-0.25, -0.2) is 4.98 Å². The maximum absolute atomic E-state index is 6.09. The summed E-state index contributed by atoms with van der Waals surface area (Å²) in [4.78, 5) is 4.22. The van der Waals surface area contributed by atoms with Crippen LogP contribution in [0.15, 0.2) is 48.5 Å². The van der Waals surface area contributed by atoms with Gasteiger partial charge in [0.05, 0.1) is 0 Å². The second-order valence-electron chi connectivity index (χ2n) is 3.67. The van der Waals surface area contributed by atoms with Gasteiger partial charge in [0.15, 0.2) is 0 Å². The van der Waals surface area contributed by atoms with Crippen molar-refractivity contribution in [2.24, 2.45) is 5.73 Å². The van der Waals surface area contributed by atoms with E-state index in [-0.39, 0.29) is 6.04 Å². The standard InChI is InChI=1S/C13H13ClN2/c14-13-8-4-7-11(16-13)9-12(15)10-5-2-1-3-6-10/h1-8,12H,9,15H2/t12-/m1/s1. The van der Waals surface area contributed by atoms with E-state index < -0.39 is 0 Å². The highest BCUT2D eigenvalue weighted by Gasteiger charge is 2.07. The van der Waals surface area contributed by atoms with Crippen molar-refractivity contribution < 1.29 is 0 Å². The molecule has 0 saturated carbocycles. The molecule has 1 aromatic heterocycles. The zero-order valence-corrected chi connectivity index (χ0v) is 9.56. The number of rotatable bonds is 3. The normalized spacial score (nSPS) is 12.4. The third kappa shape index (κ3) is 2.81. The molecule has 1 atom stereocenters. The van der Waals surface area contributed by atoms with Gasteiger partial charge in [-0.1, -0.05) is 48.0 Å². The molecule has 2 aromatic rings. The van der Waals surface area contributed by atoms with Crippen molar-refractivity contribution in [2.45, 2.75) is 12.5 Å². The Kier molecular flexibility index (Phi) is 3.54. The lowest BCUT2D eigenvalue weighted by Gasteiger charge is -2.11. The van der Waals surface area contributed by atoms with Gasteiger partial charge < -0.3 is 5.73 Å². The smallest absolute Gasteiger partial charge is 0.129 e. The lowest BCUT2D eigenvalue weighted by molar-refractivity contribution is 0.707. The van der Waals surface area contributed by atoms with Crippen molar-refractivity contribution in [2.75, 3.05) is 0 Å². The highest BCUT2D eigenvalue weighted by Crippen LogP contribution is 2.15. The van der Waals surface area contributed by atoms with E-state index in [2.05, 4.69) is 4.98 Å². The molecule has 0 amide bonds. The van der Waals surface area contributed by atoms with Crippen LogP contribution in [0.1, 0.15) is 17.3 Å². The summed E-state index contributed by atoms with van der Waals surface area (Å²) >= 11 is 5.82. The minimum absolute atomic E-state index is 0.0350. The van der Waals surface area contributed by atoms with Gasteiger partial charge in [-0.2, -0.15) is 0 Å². The Balaban J connectivity index is 2.11. The van der Waals surface area contributed by atoms with E-state index in [9.17, 15) is 0 Å². The summed E-state index contributed by atoms with van der Waals surface area (Å²) in [5, 5.41) is 0.512. The number of benzene rings is 1. The van der Waals surface area contributed by atoms with Crippen molar-refractivity contribution in [3.05, 3.63) is 64.9 Å². The molecule has 0 aliphatic rings. The summed E-state index contributed by atoms with van der Waals surface area (Å²) in [6, 6.07) is 15.6. The van der Waals surface area contributed by atoms with E-state index in [0.29, 0.717) is 11.6 Å². The number of aromatic nitrogens is 1. The molecule has 3 heteroatoms. The maximum Gasteiger partial charge on any atom is 0.129 e. The molecule has 0 saturated heterocycles. The second-order valence-corrected chi connectivity index (χ2v) is 4.06. The van der Waals surface area contributed by atoms with Crippen molar-refractivity contribution >= 4 is 11.6 Å². The van der Waals surface area contributed by atoms with Crippen LogP contribution in [-0.4, -0.2) is 4.98 Å². The fraction of sp³-hybridized carbons (Fsp3) is 0.154. The molecular weight excluding hydrogens is 220 g/mol. The van der Waals surface area contributed by atoms with Crippen LogP contribution in [0.25, 0.3) is 0 Å². The highest BCUT2D eigenvalue weighted by molar-refractivity contribution is 6.29. The van der Waals surface area contributed by atoms with Crippen molar-refractivity contribution in [3.63, 3.8) is 0 Å². The predicted molar refractivity (Wildman–Crippen MR) is 66.3 cm³/mol. The van der Waals surface area contributed by atoms with Crippen molar-refractivity contribution in [3.8, 4) is 0 Å². The quantitative estimate of drug-likeness (QED) is 0.827. The number of halogens is 1. The molecule has 1 heterocycles. The predicted octanol–water partition coefficient (Wildman–Crippen LogP) is 2.98. The molecular formula is C13H13ClN2. The van der Waals surface area contributed by atoms with Gasteiger partial charge in [-0.05, 0) is 17.7 Å². The first-order valence-electron chi connectivity index (χ1n) is 5.17. The van der Waals surface area contributed by atoms with Gasteiger partial charge in [-0.15, -0.1) is 0 Å². The third-order valence-corrected chi connectivity index (χ3v) is 2.64.